The van der Waals surface area contributed by atoms with Gasteiger partial charge in [0.05, 0.1) is 17.0 Å². The van der Waals surface area contributed by atoms with Gasteiger partial charge in [-0.3, -0.25) is 14.9 Å². The third kappa shape index (κ3) is 3.20. The van der Waals surface area contributed by atoms with Crippen LogP contribution in [-0.4, -0.2) is 16.9 Å². The molecule has 0 spiro atoms. The van der Waals surface area contributed by atoms with Crippen molar-refractivity contribution in [3.63, 3.8) is 0 Å². The van der Waals surface area contributed by atoms with Gasteiger partial charge in [0.15, 0.2) is 0 Å². The number of non-ortho nitro benzene ring substituents is 1. The third-order valence-electron chi connectivity index (χ3n) is 5.37. The van der Waals surface area contributed by atoms with Crippen LogP contribution in [0.25, 0.3) is 0 Å². The largest absolute Gasteiger partial charge is 0.348 e. The molecule has 2 aliphatic rings. The van der Waals surface area contributed by atoms with Gasteiger partial charge in [-0.25, -0.2) is 0 Å². The second kappa shape index (κ2) is 6.88. The number of nitro benzene ring substituents is 1. The van der Waals surface area contributed by atoms with Gasteiger partial charge in [0, 0.05) is 18.7 Å². The Labute approximate surface area is 151 Å². The van der Waals surface area contributed by atoms with E-state index in [4.69, 9.17) is 0 Å². The molecule has 4 rings (SSSR count). The minimum absolute atomic E-state index is 0.00398. The average Bonchev–Trinajstić information content (AvgIpc) is 2.67. The second-order valence-electron chi connectivity index (χ2n) is 7.00. The molecule has 2 N–H and O–H groups in total. The van der Waals surface area contributed by atoms with Gasteiger partial charge in [0.25, 0.3) is 5.69 Å². The normalized spacial score (nSPS) is 21.4. The molecule has 2 unspecified atom stereocenters. The lowest BCUT2D eigenvalue weighted by atomic mass is 9.87. The lowest BCUT2D eigenvalue weighted by molar-refractivity contribution is -0.384. The number of hydrogen-bond acceptors (Lipinski definition) is 4. The van der Waals surface area contributed by atoms with Crippen molar-refractivity contribution in [2.75, 3.05) is 0 Å². The minimum atomic E-state index is -0.389. The molecule has 6 heteroatoms. The standard InChI is InChI=1S/C20H21N3O3/c24-20(22-18-7-3-5-13-4-1-2-6-17(13)18)19-11-14-8-9-16(23(25)26)10-15(14)12-21-19/h1-2,4,6,8-10,18-19,21H,3,5,7,11-12H2,(H,22,24). The first-order chi connectivity index (χ1) is 12.6. The Morgan fingerprint density at radius 2 is 2.00 bits per heavy atom. The predicted molar refractivity (Wildman–Crippen MR) is 97.7 cm³/mol. The molecule has 1 heterocycles. The average molecular weight is 351 g/mol. The molecule has 0 radical (unpaired) electrons. The Hall–Kier alpha value is -2.73. The van der Waals surface area contributed by atoms with Crippen LogP contribution in [0.3, 0.4) is 0 Å². The highest BCUT2D eigenvalue weighted by Gasteiger charge is 2.28. The number of nitrogens with zero attached hydrogens (tertiary/aromatic N) is 1. The van der Waals surface area contributed by atoms with E-state index in [0.717, 1.165) is 30.4 Å². The van der Waals surface area contributed by atoms with Crippen LogP contribution >= 0.6 is 0 Å². The lowest BCUT2D eigenvalue weighted by Crippen LogP contribution is -2.48. The van der Waals surface area contributed by atoms with Crippen LogP contribution in [0.1, 0.15) is 41.1 Å². The number of carbonyl (C=O) groups is 1. The molecule has 0 saturated heterocycles. The topological polar surface area (TPSA) is 84.3 Å². The number of rotatable bonds is 3. The Morgan fingerprint density at radius 3 is 2.85 bits per heavy atom. The fourth-order valence-corrected chi connectivity index (χ4v) is 3.98. The Balaban J connectivity index is 1.46. The number of benzene rings is 2. The van der Waals surface area contributed by atoms with Gasteiger partial charge < -0.3 is 10.6 Å². The van der Waals surface area contributed by atoms with E-state index in [2.05, 4.69) is 22.8 Å². The van der Waals surface area contributed by atoms with Crippen molar-refractivity contribution >= 4 is 11.6 Å². The fourth-order valence-electron chi connectivity index (χ4n) is 3.98. The molecule has 0 saturated carbocycles. The Bertz CT molecular complexity index is 865. The fraction of sp³-hybridized carbons (Fsp3) is 0.350. The minimum Gasteiger partial charge on any atom is -0.348 e. The molecular weight excluding hydrogens is 330 g/mol. The second-order valence-corrected chi connectivity index (χ2v) is 7.00. The van der Waals surface area contributed by atoms with Gasteiger partial charge in [-0.1, -0.05) is 30.3 Å². The highest BCUT2D eigenvalue weighted by atomic mass is 16.6. The van der Waals surface area contributed by atoms with Gasteiger partial charge in [0.2, 0.25) is 5.91 Å². The highest BCUT2D eigenvalue weighted by molar-refractivity contribution is 5.83. The van der Waals surface area contributed by atoms with E-state index >= 15 is 0 Å². The number of nitro groups is 1. The molecular formula is C20H21N3O3. The molecule has 26 heavy (non-hydrogen) atoms. The maximum atomic E-state index is 12.8. The van der Waals surface area contributed by atoms with E-state index in [0.29, 0.717) is 13.0 Å². The number of hydrogen-bond donors (Lipinski definition) is 2. The van der Waals surface area contributed by atoms with Crippen molar-refractivity contribution in [3.8, 4) is 0 Å². The summed E-state index contributed by atoms with van der Waals surface area (Å²) in [6.07, 6.45) is 3.65. The van der Waals surface area contributed by atoms with E-state index in [9.17, 15) is 14.9 Å². The zero-order valence-electron chi connectivity index (χ0n) is 14.4. The van der Waals surface area contributed by atoms with Crippen molar-refractivity contribution in [1.82, 2.24) is 10.6 Å². The van der Waals surface area contributed by atoms with Gasteiger partial charge in [0.1, 0.15) is 0 Å². The number of aryl methyl sites for hydroxylation is 1. The first-order valence-corrected chi connectivity index (χ1v) is 8.99. The summed E-state index contributed by atoms with van der Waals surface area (Å²) in [4.78, 5) is 23.3. The summed E-state index contributed by atoms with van der Waals surface area (Å²) in [5, 5.41) is 17.3. The van der Waals surface area contributed by atoms with E-state index in [1.165, 1.54) is 17.2 Å². The summed E-state index contributed by atoms with van der Waals surface area (Å²) in [7, 11) is 0. The lowest BCUT2D eigenvalue weighted by Gasteiger charge is -2.30. The number of nitrogens with one attached hydrogen (secondary N) is 2. The molecule has 1 amide bonds. The summed E-state index contributed by atoms with van der Waals surface area (Å²) in [6, 6.07) is 12.9. The van der Waals surface area contributed by atoms with Gasteiger partial charge >= 0.3 is 0 Å². The van der Waals surface area contributed by atoms with Crippen LogP contribution in [-0.2, 0) is 24.2 Å². The third-order valence-corrected chi connectivity index (χ3v) is 5.37. The van der Waals surface area contributed by atoms with E-state index < -0.39 is 0 Å². The SMILES string of the molecule is O=C(NC1CCCc2ccccc21)C1Cc2ccc([N+](=O)[O-])cc2CN1. The van der Waals surface area contributed by atoms with Crippen LogP contribution in [0.4, 0.5) is 5.69 Å². The zero-order chi connectivity index (χ0) is 18.1. The van der Waals surface area contributed by atoms with Crippen LogP contribution in [0.5, 0.6) is 0 Å². The van der Waals surface area contributed by atoms with Crippen LogP contribution in [0.15, 0.2) is 42.5 Å². The monoisotopic (exact) mass is 351 g/mol. The van der Waals surface area contributed by atoms with Crippen LogP contribution in [0, 0.1) is 10.1 Å². The molecule has 2 aromatic carbocycles. The van der Waals surface area contributed by atoms with Gasteiger partial charge in [-0.05, 0) is 47.9 Å². The molecule has 1 aliphatic carbocycles. The molecule has 0 aromatic heterocycles. The Kier molecular flexibility index (Phi) is 4.42. The number of amides is 1. The summed E-state index contributed by atoms with van der Waals surface area (Å²) in [6.45, 7) is 0.469. The molecule has 6 nitrogen and oxygen atoms in total. The van der Waals surface area contributed by atoms with Crippen LogP contribution in [0.2, 0.25) is 0 Å². The summed E-state index contributed by atoms with van der Waals surface area (Å²) in [5.74, 6) is -0.00398. The maximum absolute atomic E-state index is 12.8. The Morgan fingerprint density at radius 1 is 1.15 bits per heavy atom. The molecule has 1 aliphatic heterocycles. The van der Waals surface area contributed by atoms with E-state index in [1.54, 1.807) is 12.1 Å². The smallest absolute Gasteiger partial charge is 0.269 e. The number of carbonyl (C=O) groups excluding carboxylic acids is 1. The van der Waals surface area contributed by atoms with Gasteiger partial charge in [-0.2, -0.15) is 0 Å². The van der Waals surface area contributed by atoms with Crippen molar-refractivity contribution in [2.24, 2.45) is 0 Å². The molecule has 2 aromatic rings. The molecule has 134 valence electrons. The van der Waals surface area contributed by atoms with Crippen molar-refractivity contribution < 1.29 is 9.72 Å². The van der Waals surface area contributed by atoms with Crippen LogP contribution < -0.4 is 10.6 Å². The first kappa shape index (κ1) is 16.7. The highest BCUT2D eigenvalue weighted by Crippen LogP contribution is 2.30. The van der Waals surface area contributed by atoms with Crippen molar-refractivity contribution in [2.45, 2.75) is 44.3 Å². The van der Waals surface area contributed by atoms with E-state index in [1.807, 2.05) is 12.1 Å². The summed E-state index contributed by atoms with van der Waals surface area (Å²) in [5.41, 5.74) is 4.52. The number of fused-ring (bicyclic) bond motifs is 2. The van der Waals surface area contributed by atoms with Crippen molar-refractivity contribution in [1.29, 1.82) is 0 Å². The summed E-state index contributed by atoms with van der Waals surface area (Å²) < 4.78 is 0. The summed E-state index contributed by atoms with van der Waals surface area (Å²) >= 11 is 0. The van der Waals surface area contributed by atoms with E-state index in [-0.39, 0.29) is 28.6 Å². The predicted octanol–water partition coefficient (Wildman–Crippen LogP) is 2.80. The zero-order valence-corrected chi connectivity index (χ0v) is 14.4. The molecule has 0 fully saturated rings. The first-order valence-electron chi connectivity index (χ1n) is 8.99. The quantitative estimate of drug-likeness (QED) is 0.658. The van der Waals surface area contributed by atoms with Gasteiger partial charge in [-0.15, -0.1) is 0 Å². The molecule has 2 atom stereocenters. The van der Waals surface area contributed by atoms with Crippen molar-refractivity contribution in [3.05, 3.63) is 74.8 Å². The maximum Gasteiger partial charge on any atom is 0.269 e. The molecule has 0 bridgehead atoms.